The molecule has 0 atom stereocenters. The SMILES string of the molecule is Cc1ccc(-c2nnc(SCC(=O)NCC(=O)Nc3ccc(F)cc3)o2)cc1. The van der Waals surface area contributed by atoms with Crippen LogP contribution in [0.5, 0.6) is 0 Å². The summed E-state index contributed by atoms with van der Waals surface area (Å²) in [6.45, 7) is 1.78. The molecule has 0 unspecified atom stereocenters. The van der Waals surface area contributed by atoms with E-state index < -0.39 is 11.7 Å². The highest BCUT2D eigenvalue weighted by molar-refractivity contribution is 7.99. The van der Waals surface area contributed by atoms with Crippen molar-refractivity contribution in [3.63, 3.8) is 0 Å². The highest BCUT2D eigenvalue weighted by Crippen LogP contribution is 2.23. The molecule has 0 aliphatic carbocycles. The van der Waals surface area contributed by atoms with Crippen LogP contribution >= 0.6 is 11.8 Å². The van der Waals surface area contributed by atoms with E-state index in [0.717, 1.165) is 22.9 Å². The van der Waals surface area contributed by atoms with Gasteiger partial charge in [0.25, 0.3) is 5.22 Å². The topological polar surface area (TPSA) is 97.1 Å². The number of hydrogen-bond acceptors (Lipinski definition) is 6. The van der Waals surface area contributed by atoms with Gasteiger partial charge in [0.15, 0.2) is 0 Å². The van der Waals surface area contributed by atoms with Gasteiger partial charge in [-0.15, -0.1) is 10.2 Å². The minimum Gasteiger partial charge on any atom is -0.411 e. The number of nitrogens with zero attached hydrogens (tertiary/aromatic N) is 2. The van der Waals surface area contributed by atoms with Crippen molar-refractivity contribution < 1.29 is 18.4 Å². The zero-order valence-corrected chi connectivity index (χ0v) is 15.8. The van der Waals surface area contributed by atoms with E-state index in [1.165, 1.54) is 24.3 Å². The molecule has 0 saturated heterocycles. The Balaban J connectivity index is 1.42. The first kappa shape index (κ1) is 19.6. The number of carbonyl (C=O) groups excluding carboxylic acids is 2. The molecule has 7 nitrogen and oxygen atoms in total. The van der Waals surface area contributed by atoms with Crippen molar-refractivity contribution in [3.8, 4) is 11.5 Å². The van der Waals surface area contributed by atoms with Crippen LogP contribution in [0.15, 0.2) is 58.2 Å². The minimum atomic E-state index is -0.413. The van der Waals surface area contributed by atoms with E-state index in [9.17, 15) is 14.0 Å². The number of benzene rings is 2. The van der Waals surface area contributed by atoms with Crippen LogP contribution in [0.4, 0.5) is 10.1 Å². The molecule has 0 aliphatic heterocycles. The third-order valence-electron chi connectivity index (χ3n) is 3.61. The first-order valence-corrected chi connectivity index (χ1v) is 9.33. The molecule has 1 aromatic heterocycles. The Hall–Kier alpha value is -3.20. The molecule has 3 aromatic rings. The van der Waals surface area contributed by atoms with Crippen LogP contribution in [0.1, 0.15) is 5.56 Å². The van der Waals surface area contributed by atoms with Gasteiger partial charge < -0.3 is 15.1 Å². The highest BCUT2D eigenvalue weighted by Gasteiger charge is 2.12. The molecule has 0 spiro atoms. The number of hydrogen-bond donors (Lipinski definition) is 2. The molecule has 0 bridgehead atoms. The molecular weight excluding hydrogens is 383 g/mol. The van der Waals surface area contributed by atoms with Crippen LogP contribution in [0.25, 0.3) is 11.5 Å². The second-order valence-corrected chi connectivity index (χ2v) is 6.79. The number of rotatable bonds is 7. The quantitative estimate of drug-likeness (QED) is 0.592. The van der Waals surface area contributed by atoms with Gasteiger partial charge in [0.05, 0.1) is 12.3 Å². The van der Waals surface area contributed by atoms with Gasteiger partial charge in [-0.25, -0.2) is 4.39 Å². The van der Waals surface area contributed by atoms with Crippen LogP contribution in [-0.2, 0) is 9.59 Å². The van der Waals surface area contributed by atoms with Gasteiger partial charge in [-0.3, -0.25) is 9.59 Å². The average Bonchev–Trinajstić information content (AvgIpc) is 3.16. The van der Waals surface area contributed by atoms with Crippen LogP contribution in [-0.4, -0.2) is 34.3 Å². The van der Waals surface area contributed by atoms with Gasteiger partial charge >= 0.3 is 0 Å². The molecule has 144 valence electrons. The average molecular weight is 400 g/mol. The molecule has 3 rings (SSSR count). The Morgan fingerprint density at radius 2 is 1.75 bits per heavy atom. The molecule has 2 amide bonds. The van der Waals surface area contributed by atoms with Gasteiger partial charge in [0.1, 0.15) is 5.82 Å². The number of nitrogens with one attached hydrogen (secondary N) is 2. The third kappa shape index (κ3) is 5.65. The van der Waals surface area contributed by atoms with Gasteiger partial charge in [0.2, 0.25) is 17.7 Å². The maximum atomic E-state index is 12.8. The van der Waals surface area contributed by atoms with Crippen LogP contribution in [0, 0.1) is 12.7 Å². The number of aromatic nitrogens is 2. The summed E-state index contributed by atoms with van der Waals surface area (Å²) in [5, 5.41) is 13.2. The Labute approximate surface area is 164 Å². The lowest BCUT2D eigenvalue weighted by molar-refractivity contribution is -0.122. The van der Waals surface area contributed by atoms with E-state index in [1.807, 2.05) is 31.2 Å². The highest BCUT2D eigenvalue weighted by atomic mass is 32.2. The first-order chi connectivity index (χ1) is 13.5. The van der Waals surface area contributed by atoms with Crippen molar-refractivity contribution in [1.82, 2.24) is 15.5 Å². The number of carbonyl (C=O) groups is 2. The monoisotopic (exact) mass is 400 g/mol. The smallest absolute Gasteiger partial charge is 0.277 e. The van der Waals surface area contributed by atoms with Crippen molar-refractivity contribution in [2.24, 2.45) is 0 Å². The van der Waals surface area contributed by atoms with E-state index in [1.54, 1.807) is 0 Å². The van der Waals surface area contributed by atoms with E-state index in [0.29, 0.717) is 11.6 Å². The summed E-state index contributed by atoms with van der Waals surface area (Å²) in [5.41, 5.74) is 2.37. The molecule has 0 aliphatic rings. The van der Waals surface area contributed by atoms with Gasteiger partial charge in [0, 0.05) is 11.3 Å². The Morgan fingerprint density at radius 1 is 1.04 bits per heavy atom. The fourth-order valence-corrected chi connectivity index (χ4v) is 2.77. The number of aryl methyl sites for hydroxylation is 1. The van der Waals surface area contributed by atoms with E-state index in [4.69, 9.17) is 4.42 Å². The summed E-state index contributed by atoms with van der Waals surface area (Å²) in [6, 6.07) is 13.0. The summed E-state index contributed by atoms with van der Waals surface area (Å²) in [5.74, 6) is -0.755. The number of anilines is 1. The number of halogens is 1. The lowest BCUT2D eigenvalue weighted by Crippen LogP contribution is -2.33. The van der Waals surface area contributed by atoms with Crippen molar-refractivity contribution >= 4 is 29.3 Å². The molecule has 9 heteroatoms. The zero-order chi connectivity index (χ0) is 19.9. The fourth-order valence-electron chi connectivity index (χ4n) is 2.18. The summed E-state index contributed by atoms with van der Waals surface area (Å²) in [6.07, 6.45) is 0. The molecule has 0 saturated carbocycles. The molecule has 1 heterocycles. The van der Waals surface area contributed by atoms with E-state index >= 15 is 0 Å². The van der Waals surface area contributed by atoms with Gasteiger partial charge in [-0.05, 0) is 43.3 Å². The van der Waals surface area contributed by atoms with Gasteiger partial charge in [-0.1, -0.05) is 29.5 Å². The summed E-state index contributed by atoms with van der Waals surface area (Å²) >= 11 is 1.08. The summed E-state index contributed by atoms with van der Waals surface area (Å²) < 4.78 is 18.4. The van der Waals surface area contributed by atoms with Crippen molar-refractivity contribution in [2.45, 2.75) is 12.1 Å². The lowest BCUT2D eigenvalue weighted by atomic mass is 10.1. The van der Waals surface area contributed by atoms with Crippen molar-refractivity contribution in [3.05, 3.63) is 59.9 Å². The maximum Gasteiger partial charge on any atom is 0.277 e. The molecule has 2 aromatic carbocycles. The third-order valence-corrected chi connectivity index (χ3v) is 4.42. The molecule has 28 heavy (non-hydrogen) atoms. The summed E-state index contributed by atoms with van der Waals surface area (Å²) in [7, 11) is 0. The number of amides is 2. The molecular formula is C19H17FN4O3S. The Kier molecular flexibility index (Phi) is 6.38. The van der Waals surface area contributed by atoms with Crippen molar-refractivity contribution in [1.29, 1.82) is 0 Å². The van der Waals surface area contributed by atoms with Gasteiger partial charge in [-0.2, -0.15) is 0 Å². The summed E-state index contributed by atoms with van der Waals surface area (Å²) in [4.78, 5) is 23.7. The minimum absolute atomic E-state index is 0.0271. The predicted octanol–water partition coefficient (Wildman–Crippen LogP) is 3.03. The predicted molar refractivity (Wildman–Crippen MR) is 103 cm³/mol. The fraction of sp³-hybridized carbons (Fsp3) is 0.158. The second-order valence-electron chi connectivity index (χ2n) is 5.86. The van der Waals surface area contributed by atoms with E-state index in [2.05, 4.69) is 20.8 Å². The van der Waals surface area contributed by atoms with Crippen LogP contribution in [0.2, 0.25) is 0 Å². The maximum absolute atomic E-state index is 12.8. The molecule has 2 N–H and O–H groups in total. The van der Waals surface area contributed by atoms with E-state index in [-0.39, 0.29) is 23.4 Å². The Morgan fingerprint density at radius 3 is 2.46 bits per heavy atom. The zero-order valence-electron chi connectivity index (χ0n) is 14.9. The first-order valence-electron chi connectivity index (χ1n) is 8.35. The lowest BCUT2D eigenvalue weighted by Gasteiger charge is -2.06. The molecule has 0 radical (unpaired) electrons. The van der Waals surface area contributed by atoms with Crippen molar-refractivity contribution in [2.75, 3.05) is 17.6 Å². The van der Waals surface area contributed by atoms with Crippen LogP contribution in [0.3, 0.4) is 0 Å². The normalized spacial score (nSPS) is 10.5. The van der Waals surface area contributed by atoms with Crippen LogP contribution < -0.4 is 10.6 Å². The second kappa shape index (κ2) is 9.14. The largest absolute Gasteiger partial charge is 0.411 e. The molecule has 0 fully saturated rings. The Bertz CT molecular complexity index is 958. The standard InChI is InChI=1S/C19H17FN4O3S/c1-12-2-4-13(5-3-12)18-23-24-19(27-18)28-11-17(26)21-10-16(25)22-15-8-6-14(20)7-9-15/h2-9H,10-11H2,1H3,(H,21,26)(H,22,25). The number of thioether (sulfide) groups is 1.